The SMILES string of the molecule is Cc1cccc2c(-c3ccc(C=Cc4ccc5c(c4)C(C)(C)c4cc(N6CCCc7ccccc76)ccc4-5)cc3)c3ccccc3c(N3c4ccccc4Sc4ccccc43)c12. The van der Waals surface area contributed by atoms with Gasteiger partial charge in [-0.2, -0.15) is 0 Å². The van der Waals surface area contributed by atoms with Gasteiger partial charge in [0, 0.05) is 43.9 Å². The second-order valence-electron chi connectivity index (χ2n) is 17.6. The van der Waals surface area contributed by atoms with Gasteiger partial charge in [0.25, 0.3) is 0 Å². The van der Waals surface area contributed by atoms with Crippen molar-refractivity contribution in [3.05, 3.63) is 209 Å². The summed E-state index contributed by atoms with van der Waals surface area (Å²) in [6, 6.07) is 65.7. The van der Waals surface area contributed by atoms with Crippen LogP contribution in [0.3, 0.4) is 0 Å². The van der Waals surface area contributed by atoms with E-state index in [4.69, 9.17) is 0 Å². The van der Waals surface area contributed by atoms with Crippen molar-refractivity contribution in [1.29, 1.82) is 0 Å². The lowest BCUT2D eigenvalue weighted by atomic mass is 9.81. The molecule has 0 fully saturated rings. The number of rotatable bonds is 5. The summed E-state index contributed by atoms with van der Waals surface area (Å²) in [6.45, 7) is 8.10. The van der Waals surface area contributed by atoms with E-state index in [1.807, 2.05) is 11.8 Å². The predicted molar refractivity (Wildman–Crippen MR) is 265 cm³/mol. The maximum Gasteiger partial charge on any atom is 0.0622 e. The van der Waals surface area contributed by atoms with Crippen LogP contribution in [0.4, 0.5) is 28.4 Å². The molecule has 298 valence electrons. The van der Waals surface area contributed by atoms with Gasteiger partial charge in [0.2, 0.25) is 0 Å². The molecule has 2 heterocycles. The topological polar surface area (TPSA) is 6.48 Å². The zero-order valence-corrected chi connectivity index (χ0v) is 36.1. The molecule has 0 bridgehead atoms. The molecule has 2 aliphatic heterocycles. The summed E-state index contributed by atoms with van der Waals surface area (Å²) < 4.78 is 0. The van der Waals surface area contributed by atoms with Crippen molar-refractivity contribution < 1.29 is 0 Å². The molecule has 9 aromatic rings. The highest BCUT2D eigenvalue weighted by atomic mass is 32.2. The molecule has 0 atom stereocenters. The van der Waals surface area contributed by atoms with Gasteiger partial charge in [-0.05, 0) is 129 Å². The normalized spacial score (nSPS) is 14.8. The second kappa shape index (κ2) is 14.4. The van der Waals surface area contributed by atoms with Crippen molar-refractivity contribution >= 4 is 73.9 Å². The molecule has 0 saturated carbocycles. The number of nitrogens with zero attached hydrogens (tertiary/aromatic N) is 2. The van der Waals surface area contributed by atoms with Crippen LogP contribution in [-0.4, -0.2) is 6.54 Å². The van der Waals surface area contributed by atoms with Gasteiger partial charge in [-0.3, -0.25) is 0 Å². The Kier molecular flexibility index (Phi) is 8.59. The van der Waals surface area contributed by atoms with E-state index in [2.05, 4.69) is 219 Å². The van der Waals surface area contributed by atoms with E-state index in [-0.39, 0.29) is 5.41 Å². The minimum absolute atomic E-state index is 0.0966. The van der Waals surface area contributed by atoms with E-state index in [0.717, 1.165) is 13.0 Å². The first-order valence-corrected chi connectivity index (χ1v) is 22.8. The molecule has 0 amide bonds. The summed E-state index contributed by atoms with van der Waals surface area (Å²) in [6.07, 6.45) is 6.88. The number of benzene rings is 9. The lowest BCUT2D eigenvalue weighted by molar-refractivity contribution is 0.659. The minimum Gasteiger partial charge on any atom is -0.341 e. The smallest absolute Gasteiger partial charge is 0.0622 e. The van der Waals surface area contributed by atoms with Crippen LogP contribution in [0.25, 0.3) is 56.0 Å². The summed E-state index contributed by atoms with van der Waals surface area (Å²) in [5, 5.41) is 5.06. The Morgan fingerprint density at radius 3 is 1.94 bits per heavy atom. The minimum atomic E-state index is -0.0966. The Balaban J connectivity index is 0.891. The van der Waals surface area contributed by atoms with Crippen molar-refractivity contribution in [2.45, 2.75) is 48.8 Å². The first-order chi connectivity index (χ1) is 30.4. The van der Waals surface area contributed by atoms with E-state index in [1.165, 1.54) is 122 Å². The number of aryl methyl sites for hydroxylation is 2. The van der Waals surface area contributed by atoms with E-state index >= 15 is 0 Å². The standard InChI is InChI=1S/C59H46N2S/c1-38-14-12-19-48-56(38)58(61-52-21-8-10-23-54(52)62-55-24-11-9-22-53(55)61)47-18-6-5-17-46(47)57(48)42-30-27-39(28-31-42)25-26-40-29-33-44-45-34-32-43(37-50(45)59(2,3)49(44)36-40)60-35-13-16-41-15-4-7-20-51(41)60/h4-12,14-15,17-34,36-37H,13,16,35H2,1-3H3. The molecule has 0 unspecified atom stereocenters. The molecule has 3 heteroatoms. The highest BCUT2D eigenvalue weighted by molar-refractivity contribution is 7.99. The molecule has 0 aromatic heterocycles. The predicted octanol–water partition coefficient (Wildman–Crippen LogP) is 16.5. The molecule has 2 nitrogen and oxygen atoms in total. The lowest BCUT2D eigenvalue weighted by Gasteiger charge is -2.35. The van der Waals surface area contributed by atoms with Gasteiger partial charge in [0.05, 0.1) is 17.1 Å². The Bertz CT molecular complexity index is 3260. The molecule has 62 heavy (non-hydrogen) atoms. The maximum atomic E-state index is 2.52. The fourth-order valence-electron chi connectivity index (χ4n) is 10.6. The lowest BCUT2D eigenvalue weighted by Crippen LogP contribution is -2.25. The Morgan fingerprint density at radius 2 is 1.16 bits per heavy atom. The maximum absolute atomic E-state index is 2.52. The van der Waals surface area contributed by atoms with Crippen molar-refractivity contribution in [2.75, 3.05) is 16.3 Å². The fraction of sp³-hybridized carbons (Fsp3) is 0.119. The molecule has 1 aliphatic carbocycles. The van der Waals surface area contributed by atoms with Crippen LogP contribution in [0.5, 0.6) is 0 Å². The fourth-order valence-corrected chi connectivity index (χ4v) is 11.7. The van der Waals surface area contributed by atoms with Crippen LogP contribution >= 0.6 is 11.8 Å². The molecular formula is C59H46N2S. The average Bonchev–Trinajstić information content (AvgIpc) is 3.54. The van der Waals surface area contributed by atoms with Crippen LogP contribution in [-0.2, 0) is 11.8 Å². The molecule has 0 saturated heterocycles. The molecular weight excluding hydrogens is 769 g/mol. The number of anilines is 5. The third-order valence-electron chi connectivity index (χ3n) is 13.7. The molecule has 0 N–H and O–H groups in total. The van der Waals surface area contributed by atoms with Gasteiger partial charge in [0.15, 0.2) is 0 Å². The van der Waals surface area contributed by atoms with Crippen LogP contribution in [0.2, 0.25) is 0 Å². The van der Waals surface area contributed by atoms with Crippen molar-refractivity contribution in [1.82, 2.24) is 0 Å². The number of para-hydroxylation sites is 3. The van der Waals surface area contributed by atoms with Crippen LogP contribution in [0, 0.1) is 6.92 Å². The Morgan fingerprint density at radius 1 is 0.548 bits per heavy atom. The van der Waals surface area contributed by atoms with E-state index in [0.29, 0.717) is 0 Å². The second-order valence-corrected chi connectivity index (χ2v) is 18.7. The van der Waals surface area contributed by atoms with Gasteiger partial charge in [0.1, 0.15) is 0 Å². The van der Waals surface area contributed by atoms with E-state index in [1.54, 1.807) is 0 Å². The third kappa shape index (κ3) is 5.79. The monoisotopic (exact) mass is 814 g/mol. The number of hydrogen-bond donors (Lipinski definition) is 0. The van der Waals surface area contributed by atoms with Gasteiger partial charge in [-0.1, -0.05) is 171 Å². The molecule has 3 aliphatic rings. The first-order valence-electron chi connectivity index (χ1n) is 22.0. The number of fused-ring (bicyclic) bond motifs is 8. The van der Waals surface area contributed by atoms with Gasteiger partial charge >= 0.3 is 0 Å². The molecule has 9 aromatic carbocycles. The Hall–Kier alpha value is -6.81. The first kappa shape index (κ1) is 37.0. The van der Waals surface area contributed by atoms with Crippen LogP contribution < -0.4 is 9.80 Å². The summed E-state index contributed by atoms with van der Waals surface area (Å²) in [7, 11) is 0. The van der Waals surface area contributed by atoms with E-state index < -0.39 is 0 Å². The van der Waals surface area contributed by atoms with Gasteiger partial charge in [-0.15, -0.1) is 0 Å². The third-order valence-corrected chi connectivity index (χ3v) is 14.8. The zero-order chi connectivity index (χ0) is 41.5. The van der Waals surface area contributed by atoms with Crippen molar-refractivity contribution in [3.63, 3.8) is 0 Å². The molecule has 0 radical (unpaired) electrons. The van der Waals surface area contributed by atoms with Gasteiger partial charge < -0.3 is 9.80 Å². The molecule has 0 spiro atoms. The highest BCUT2D eigenvalue weighted by Gasteiger charge is 2.36. The molecule has 12 rings (SSSR count). The summed E-state index contributed by atoms with van der Waals surface area (Å²) in [4.78, 5) is 7.58. The summed E-state index contributed by atoms with van der Waals surface area (Å²) in [5.74, 6) is 0. The number of hydrogen-bond acceptors (Lipinski definition) is 3. The quantitative estimate of drug-likeness (QED) is 0.126. The van der Waals surface area contributed by atoms with Crippen molar-refractivity contribution in [2.24, 2.45) is 0 Å². The van der Waals surface area contributed by atoms with Gasteiger partial charge in [-0.25, -0.2) is 0 Å². The van der Waals surface area contributed by atoms with E-state index in [9.17, 15) is 0 Å². The van der Waals surface area contributed by atoms with Crippen molar-refractivity contribution in [3.8, 4) is 22.3 Å². The summed E-state index contributed by atoms with van der Waals surface area (Å²) >= 11 is 1.86. The largest absolute Gasteiger partial charge is 0.341 e. The average molecular weight is 815 g/mol. The zero-order valence-electron chi connectivity index (χ0n) is 35.3. The Labute approximate surface area is 368 Å². The van der Waals surface area contributed by atoms with Crippen LogP contribution in [0.15, 0.2) is 186 Å². The highest BCUT2D eigenvalue weighted by Crippen LogP contribution is 2.56. The van der Waals surface area contributed by atoms with Crippen LogP contribution in [0.1, 0.15) is 53.6 Å². The summed E-state index contributed by atoms with van der Waals surface area (Å²) in [5.41, 5.74) is 19.4.